The molecule has 1 aromatic carbocycles. The van der Waals surface area contributed by atoms with E-state index in [1.807, 2.05) is 55.7 Å². The minimum atomic E-state index is 0.645. The number of hydrogen-bond donors (Lipinski definition) is 2. The molecule has 0 amide bonds. The van der Waals surface area contributed by atoms with Gasteiger partial charge in [-0.2, -0.15) is 0 Å². The summed E-state index contributed by atoms with van der Waals surface area (Å²) < 4.78 is 0. The van der Waals surface area contributed by atoms with Gasteiger partial charge in [-0.25, -0.2) is 4.98 Å². The molecule has 0 unspecified atom stereocenters. The van der Waals surface area contributed by atoms with E-state index in [-0.39, 0.29) is 0 Å². The van der Waals surface area contributed by atoms with Gasteiger partial charge in [-0.15, -0.1) is 0 Å². The molecule has 0 radical (unpaired) electrons. The Balaban J connectivity index is 1.73. The number of rotatable bonds is 4. The van der Waals surface area contributed by atoms with Crippen LogP contribution in [0.2, 0.25) is 0 Å². The average Bonchev–Trinajstić information content (AvgIpc) is 2.54. The van der Waals surface area contributed by atoms with Crippen molar-refractivity contribution in [3.63, 3.8) is 0 Å². The number of benzene rings is 1. The fraction of sp³-hybridized carbons (Fsp3) is 0.111. The van der Waals surface area contributed by atoms with Crippen LogP contribution in [0, 0.1) is 6.92 Å². The first-order valence-electron chi connectivity index (χ1n) is 7.19. The Bertz CT molecular complexity index is 752. The Morgan fingerprint density at radius 2 is 1.59 bits per heavy atom. The summed E-state index contributed by atoms with van der Waals surface area (Å²) in [5.41, 5.74) is 11.0. The third-order valence-electron chi connectivity index (χ3n) is 3.44. The van der Waals surface area contributed by atoms with Crippen molar-refractivity contribution in [1.29, 1.82) is 0 Å². The molecule has 0 aliphatic rings. The second kappa shape index (κ2) is 6.26. The van der Waals surface area contributed by atoms with Crippen molar-refractivity contribution in [2.24, 2.45) is 0 Å². The number of pyridine rings is 2. The fourth-order valence-electron chi connectivity index (χ4n) is 2.25. The molecule has 0 fully saturated rings. The van der Waals surface area contributed by atoms with Gasteiger partial charge in [-0.05, 0) is 60.9 Å². The van der Waals surface area contributed by atoms with Crippen molar-refractivity contribution >= 4 is 17.2 Å². The van der Waals surface area contributed by atoms with Gasteiger partial charge in [0.1, 0.15) is 0 Å². The number of anilines is 3. The van der Waals surface area contributed by atoms with Gasteiger partial charge < -0.3 is 11.1 Å². The van der Waals surface area contributed by atoms with Gasteiger partial charge in [0.05, 0.1) is 5.69 Å². The van der Waals surface area contributed by atoms with E-state index in [1.54, 1.807) is 0 Å². The van der Waals surface area contributed by atoms with Crippen molar-refractivity contribution in [3.8, 4) is 0 Å². The Hall–Kier alpha value is -2.88. The van der Waals surface area contributed by atoms with Crippen molar-refractivity contribution in [3.05, 3.63) is 77.7 Å². The normalized spacial score (nSPS) is 10.4. The molecule has 3 rings (SSSR count). The third kappa shape index (κ3) is 3.41. The van der Waals surface area contributed by atoms with Crippen LogP contribution in [0.15, 0.2) is 60.9 Å². The molecule has 2 aromatic heterocycles. The summed E-state index contributed by atoms with van der Waals surface area (Å²) in [6.45, 7) is 1.95. The molecular weight excluding hydrogens is 272 g/mol. The van der Waals surface area contributed by atoms with Crippen LogP contribution < -0.4 is 11.1 Å². The summed E-state index contributed by atoms with van der Waals surface area (Å²) in [6, 6.07) is 16.1. The molecule has 0 spiro atoms. The number of nitrogens with two attached hydrogens (primary N) is 1. The largest absolute Gasteiger partial charge is 0.396 e. The topological polar surface area (TPSA) is 63.8 Å². The quantitative estimate of drug-likeness (QED) is 0.769. The SMILES string of the molecule is Cc1ccc(N)c(Nc2ccc(Cc3ccncc3)cc2)n1. The van der Waals surface area contributed by atoms with E-state index in [9.17, 15) is 0 Å². The molecule has 22 heavy (non-hydrogen) atoms. The van der Waals surface area contributed by atoms with Crippen LogP contribution in [-0.2, 0) is 6.42 Å². The van der Waals surface area contributed by atoms with Gasteiger partial charge in [0.25, 0.3) is 0 Å². The zero-order chi connectivity index (χ0) is 15.4. The third-order valence-corrected chi connectivity index (χ3v) is 3.44. The van der Waals surface area contributed by atoms with Crippen LogP contribution in [0.3, 0.4) is 0 Å². The molecule has 3 aromatic rings. The van der Waals surface area contributed by atoms with Crippen LogP contribution in [0.4, 0.5) is 17.2 Å². The van der Waals surface area contributed by atoms with E-state index in [2.05, 4.69) is 27.4 Å². The maximum atomic E-state index is 5.94. The van der Waals surface area contributed by atoms with E-state index in [0.29, 0.717) is 11.5 Å². The molecule has 4 heteroatoms. The summed E-state index contributed by atoms with van der Waals surface area (Å²) in [6.07, 6.45) is 4.53. The maximum absolute atomic E-state index is 5.94. The van der Waals surface area contributed by atoms with Crippen LogP contribution >= 0.6 is 0 Å². The number of hydrogen-bond acceptors (Lipinski definition) is 4. The molecular formula is C18H18N4. The highest BCUT2D eigenvalue weighted by Gasteiger charge is 2.02. The first-order chi connectivity index (χ1) is 10.7. The molecule has 0 atom stereocenters. The lowest BCUT2D eigenvalue weighted by atomic mass is 10.1. The van der Waals surface area contributed by atoms with Crippen LogP contribution in [-0.4, -0.2) is 9.97 Å². The van der Waals surface area contributed by atoms with Gasteiger partial charge >= 0.3 is 0 Å². The zero-order valence-electron chi connectivity index (χ0n) is 12.5. The average molecular weight is 290 g/mol. The highest BCUT2D eigenvalue weighted by Crippen LogP contribution is 2.22. The molecule has 4 nitrogen and oxygen atoms in total. The summed E-state index contributed by atoms with van der Waals surface area (Å²) in [5, 5.41) is 3.26. The first-order valence-corrected chi connectivity index (χ1v) is 7.19. The highest BCUT2D eigenvalue weighted by molar-refractivity contribution is 5.68. The van der Waals surface area contributed by atoms with Crippen LogP contribution in [0.1, 0.15) is 16.8 Å². The number of aryl methyl sites for hydroxylation is 1. The Morgan fingerprint density at radius 3 is 2.32 bits per heavy atom. The predicted molar refractivity (Wildman–Crippen MR) is 90.2 cm³/mol. The number of nitrogens with zero attached hydrogens (tertiary/aromatic N) is 2. The Kier molecular flexibility index (Phi) is 4.01. The van der Waals surface area contributed by atoms with Crippen molar-refractivity contribution in [2.45, 2.75) is 13.3 Å². The number of nitrogen functional groups attached to an aromatic ring is 1. The Morgan fingerprint density at radius 1 is 0.909 bits per heavy atom. The molecule has 0 aliphatic carbocycles. The molecule has 3 N–H and O–H groups in total. The van der Waals surface area contributed by atoms with Crippen LogP contribution in [0.25, 0.3) is 0 Å². The standard InChI is InChI=1S/C18H18N4/c1-13-2-7-17(19)18(21-13)22-16-5-3-14(4-6-16)12-15-8-10-20-11-9-15/h2-11H,12,19H2,1H3,(H,21,22). The minimum Gasteiger partial charge on any atom is -0.396 e. The predicted octanol–water partition coefficient (Wildman–Crippen LogP) is 3.70. The smallest absolute Gasteiger partial charge is 0.153 e. The number of aromatic nitrogens is 2. The zero-order valence-corrected chi connectivity index (χ0v) is 12.5. The lowest BCUT2D eigenvalue weighted by Crippen LogP contribution is -2.00. The number of nitrogens with one attached hydrogen (secondary N) is 1. The monoisotopic (exact) mass is 290 g/mol. The van der Waals surface area contributed by atoms with E-state index in [4.69, 9.17) is 5.73 Å². The summed E-state index contributed by atoms with van der Waals surface area (Å²) in [5.74, 6) is 0.696. The second-order valence-corrected chi connectivity index (χ2v) is 5.24. The van der Waals surface area contributed by atoms with Crippen molar-refractivity contribution in [2.75, 3.05) is 11.1 Å². The summed E-state index contributed by atoms with van der Waals surface area (Å²) in [7, 11) is 0. The van der Waals surface area contributed by atoms with E-state index >= 15 is 0 Å². The fourth-order valence-corrected chi connectivity index (χ4v) is 2.25. The van der Waals surface area contributed by atoms with E-state index in [0.717, 1.165) is 17.8 Å². The summed E-state index contributed by atoms with van der Waals surface area (Å²) >= 11 is 0. The van der Waals surface area contributed by atoms with Crippen molar-refractivity contribution in [1.82, 2.24) is 9.97 Å². The van der Waals surface area contributed by atoms with Gasteiger partial charge in [-0.1, -0.05) is 12.1 Å². The highest BCUT2D eigenvalue weighted by atomic mass is 15.0. The van der Waals surface area contributed by atoms with E-state index < -0.39 is 0 Å². The minimum absolute atomic E-state index is 0.645. The molecule has 0 saturated heterocycles. The summed E-state index contributed by atoms with van der Waals surface area (Å²) in [4.78, 5) is 8.45. The second-order valence-electron chi connectivity index (χ2n) is 5.24. The van der Waals surface area contributed by atoms with Gasteiger partial charge in [0.15, 0.2) is 5.82 Å². The molecule has 110 valence electrons. The lowest BCUT2D eigenvalue weighted by molar-refractivity contribution is 1.16. The molecule has 2 heterocycles. The molecule has 0 bridgehead atoms. The molecule has 0 saturated carbocycles. The van der Waals surface area contributed by atoms with Gasteiger partial charge in [0, 0.05) is 23.8 Å². The van der Waals surface area contributed by atoms with Gasteiger partial charge in [-0.3, -0.25) is 4.98 Å². The first kappa shape index (κ1) is 14.1. The van der Waals surface area contributed by atoms with Gasteiger partial charge in [0.2, 0.25) is 0 Å². The van der Waals surface area contributed by atoms with Crippen molar-refractivity contribution < 1.29 is 0 Å². The maximum Gasteiger partial charge on any atom is 0.153 e. The van der Waals surface area contributed by atoms with E-state index in [1.165, 1.54) is 11.1 Å². The lowest BCUT2D eigenvalue weighted by Gasteiger charge is -2.10. The molecule has 0 aliphatic heterocycles. The Labute approximate surface area is 130 Å². The van der Waals surface area contributed by atoms with Crippen LogP contribution in [0.5, 0.6) is 0 Å².